The Hall–Kier alpha value is -2.37. The lowest BCUT2D eigenvalue weighted by Crippen LogP contribution is -2.16. The Morgan fingerprint density at radius 2 is 1.71 bits per heavy atom. The summed E-state index contributed by atoms with van der Waals surface area (Å²) in [6, 6.07) is 17.4. The van der Waals surface area contributed by atoms with Crippen molar-refractivity contribution < 1.29 is 9.15 Å². The van der Waals surface area contributed by atoms with E-state index in [-0.39, 0.29) is 6.61 Å². The summed E-state index contributed by atoms with van der Waals surface area (Å²) >= 11 is 5.87. The second-order valence-corrected chi connectivity index (χ2v) is 5.68. The van der Waals surface area contributed by atoms with Gasteiger partial charge in [0.2, 0.25) is 5.89 Å². The number of hydrogen-bond acceptors (Lipinski definition) is 5. The molecule has 1 aromatic heterocycles. The van der Waals surface area contributed by atoms with Gasteiger partial charge in [-0.2, -0.15) is 0 Å². The molecular formula is C18H18ClN3O2. The highest BCUT2D eigenvalue weighted by Crippen LogP contribution is 2.11. The van der Waals surface area contributed by atoms with Gasteiger partial charge in [-0.05, 0) is 42.8 Å². The zero-order chi connectivity index (χ0) is 16.6. The SMILES string of the molecule is Clc1ccc(CCNCc2nnc(COc3ccccc3)o2)cc1. The average Bonchev–Trinajstić information content (AvgIpc) is 3.07. The molecule has 0 saturated carbocycles. The fraction of sp³-hybridized carbons (Fsp3) is 0.222. The Morgan fingerprint density at radius 1 is 0.958 bits per heavy atom. The Labute approximate surface area is 145 Å². The minimum absolute atomic E-state index is 0.266. The smallest absolute Gasteiger partial charge is 0.253 e. The summed E-state index contributed by atoms with van der Waals surface area (Å²) in [5, 5.41) is 12.0. The number of rotatable bonds is 8. The number of benzene rings is 2. The largest absolute Gasteiger partial charge is 0.484 e. The molecule has 0 radical (unpaired) electrons. The molecule has 0 saturated heterocycles. The maximum Gasteiger partial charge on any atom is 0.253 e. The Bertz CT molecular complexity index is 744. The molecule has 1 N–H and O–H groups in total. The van der Waals surface area contributed by atoms with Gasteiger partial charge in [-0.25, -0.2) is 0 Å². The van der Waals surface area contributed by atoms with Gasteiger partial charge in [-0.3, -0.25) is 0 Å². The van der Waals surface area contributed by atoms with E-state index in [0.717, 1.165) is 23.7 Å². The lowest BCUT2D eigenvalue weighted by molar-refractivity contribution is 0.258. The summed E-state index contributed by atoms with van der Waals surface area (Å²) in [6.07, 6.45) is 0.912. The Kier molecular flexibility index (Phi) is 5.82. The van der Waals surface area contributed by atoms with Crippen LogP contribution in [0.3, 0.4) is 0 Å². The van der Waals surface area contributed by atoms with Crippen molar-refractivity contribution in [2.24, 2.45) is 0 Å². The number of aromatic nitrogens is 2. The van der Waals surface area contributed by atoms with Crippen molar-refractivity contribution in [3.63, 3.8) is 0 Å². The van der Waals surface area contributed by atoms with E-state index in [9.17, 15) is 0 Å². The van der Waals surface area contributed by atoms with Crippen LogP contribution in [0.5, 0.6) is 5.75 Å². The van der Waals surface area contributed by atoms with Gasteiger partial charge >= 0.3 is 0 Å². The first-order valence-corrected chi connectivity index (χ1v) is 8.12. The van der Waals surface area contributed by atoms with Crippen LogP contribution in [0, 0.1) is 0 Å². The van der Waals surface area contributed by atoms with Gasteiger partial charge in [0.15, 0.2) is 6.61 Å². The third kappa shape index (κ3) is 5.08. The normalized spacial score (nSPS) is 10.7. The first kappa shape index (κ1) is 16.5. The molecule has 0 aliphatic carbocycles. The molecule has 0 bridgehead atoms. The molecule has 1 heterocycles. The minimum atomic E-state index is 0.266. The molecule has 0 amide bonds. The van der Waals surface area contributed by atoms with Gasteiger partial charge in [-0.1, -0.05) is 41.9 Å². The molecule has 24 heavy (non-hydrogen) atoms. The van der Waals surface area contributed by atoms with Crippen LogP contribution in [0.4, 0.5) is 0 Å². The van der Waals surface area contributed by atoms with Crippen LogP contribution in [0.15, 0.2) is 59.0 Å². The first-order chi connectivity index (χ1) is 11.8. The number of nitrogens with zero attached hydrogens (tertiary/aromatic N) is 2. The van der Waals surface area contributed by atoms with E-state index in [0.29, 0.717) is 18.3 Å². The molecule has 2 aromatic carbocycles. The van der Waals surface area contributed by atoms with E-state index in [1.54, 1.807) is 0 Å². The molecule has 5 nitrogen and oxygen atoms in total. The van der Waals surface area contributed by atoms with Crippen LogP contribution >= 0.6 is 11.6 Å². The van der Waals surface area contributed by atoms with Crippen LogP contribution in [0.25, 0.3) is 0 Å². The van der Waals surface area contributed by atoms with Gasteiger partial charge in [0, 0.05) is 5.02 Å². The van der Waals surface area contributed by atoms with Crippen molar-refractivity contribution in [3.8, 4) is 5.75 Å². The van der Waals surface area contributed by atoms with Crippen molar-refractivity contribution in [1.82, 2.24) is 15.5 Å². The second-order valence-electron chi connectivity index (χ2n) is 5.24. The number of para-hydroxylation sites is 1. The van der Waals surface area contributed by atoms with Gasteiger partial charge in [0.1, 0.15) is 5.75 Å². The quantitative estimate of drug-likeness (QED) is 0.633. The molecular weight excluding hydrogens is 326 g/mol. The highest BCUT2D eigenvalue weighted by Gasteiger charge is 2.06. The van der Waals surface area contributed by atoms with Crippen molar-refractivity contribution >= 4 is 11.6 Å². The molecule has 6 heteroatoms. The lowest BCUT2D eigenvalue weighted by atomic mass is 10.1. The van der Waals surface area contributed by atoms with Gasteiger partial charge in [-0.15, -0.1) is 10.2 Å². The van der Waals surface area contributed by atoms with Gasteiger partial charge in [0.25, 0.3) is 5.89 Å². The van der Waals surface area contributed by atoms with E-state index >= 15 is 0 Å². The molecule has 0 aliphatic rings. The topological polar surface area (TPSA) is 60.2 Å². The molecule has 3 aromatic rings. The third-order valence-corrected chi connectivity index (χ3v) is 3.65. The summed E-state index contributed by atoms with van der Waals surface area (Å²) in [4.78, 5) is 0. The fourth-order valence-electron chi connectivity index (χ4n) is 2.16. The maximum atomic E-state index is 5.87. The summed E-state index contributed by atoms with van der Waals surface area (Å²) in [5.74, 6) is 1.80. The van der Waals surface area contributed by atoms with E-state index in [2.05, 4.69) is 15.5 Å². The number of nitrogens with one attached hydrogen (secondary N) is 1. The molecule has 0 aliphatic heterocycles. The van der Waals surface area contributed by atoms with E-state index < -0.39 is 0 Å². The van der Waals surface area contributed by atoms with Gasteiger partial charge in [0.05, 0.1) is 6.54 Å². The summed E-state index contributed by atoms with van der Waals surface area (Å²) in [6.45, 7) is 1.62. The Morgan fingerprint density at radius 3 is 2.50 bits per heavy atom. The monoisotopic (exact) mass is 343 g/mol. The Balaban J connectivity index is 1.39. The highest BCUT2D eigenvalue weighted by atomic mass is 35.5. The van der Waals surface area contributed by atoms with Crippen molar-refractivity contribution in [2.45, 2.75) is 19.6 Å². The maximum absolute atomic E-state index is 5.87. The van der Waals surface area contributed by atoms with Crippen LogP contribution in [-0.2, 0) is 19.6 Å². The average molecular weight is 344 g/mol. The molecule has 124 valence electrons. The van der Waals surface area contributed by atoms with E-state index in [1.165, 1.54) is 5.56 Å². The predicted molar refractivity (Wildman–Crippen MR) is 91.9 cm³/mol. The number of hydrogen-bond donors (Lipinski definition) is 1. The summed E-state index contributed by atoms with van der Waals surface area (Å²) in [7, 11) is 0. The molecule has 3 rings (SSSR count). The van der Waals surface area contributed by atoms with Crippen LogP contribution in [0.1, 0.15) is 17.3 Å². The van der Waals surface area contributed by atoms with E-state index in [1.807, 2.05) is 54.6 Å². The zero-order valence-electron chi connectivity index (χ0n) is 13.1. The number of ether oxygens (including phenoxy) is 1. The summed E-state index contributed by atoms with van der Waals surface area (Å²) in [5.41, 5.74) is 1.23. The van der Waals surface area contributed by atoms with Crippen molar-refractivity contribution in [2.75, 3.05) is 6.54 Å². The van der Waals surface area contributed by atoms with Crippen LogP contribution in [0.2, 0.25) is 5.02 Å². The first-order valence-electron chi connectivity index (χ1n) is 7.74. The zero-order valence-corrected chi connectivity index (χ0v) is 13.9. The van der Waals surface area contributed by atoms with Crippen LogP contribution < -0.4 is 10.1 Å². The summed E-state index contributed by atoms with van der Waals surface area (Å²) < 4.78 is 11.1. The van der Waals surface area contributed by atoms with E-state index in [4.69, 9.17) is 20.8 Å². The number of halogens is 1. The standard InChI is InChI=1S/C18H18ClN3O2/c19-15-8-6-14(7-9-15)10-11-20-12-17-21-22-18(24-17)13-23-16-4-2-1-3-5-16/h1-9,20H,10-13H2. The molecule has 0 unspecified atom stereocenters. The third-order valence-electron chi connectivity index (χ3n) is 3.39. The van der Waals surface area contributed by atoms with Crippen LogP contribution in [-0.4, -0.2) is 16.7 Å². The minimum Gasteiger partial charge on any atom is -0.484 e. The lowest BCUT2D eigenvalue weighted by Gasteiger charge is -2.03. The van der Waals surface area contributed by atoms with Crippen molar-refractivity contribution in [1.29, 1.82) is 0 Å². The molecule has 0 fully saturated rings. The van der Waals surface area contributed by atoms with Crippen molar-refractivity contribution in [3.05, 3.63) is 77.0 Å². The molecule has 0 spiro atoms. The second kappa shape index (κ2) is 8.47. The predicted octanol–water partition coefficient (Wildman–Crippen LogP) is 3.63. The van der Waals surface area contributed by atoms with Gasteiger partial charge < -0.3 is 14.5 Å². The fourth-order valence-corrected chi connectivity index (χ4v) is 2.29. The highest BCUT2D eigenvalue weighted by molar-refractivity contribution is 6.30. The molecule has 0 atom stereocenters.